The van der Waals surface area contributed by atoms with Crippen LogP contribution in [0.4, 0.5) is 0 Å². The van der Waals surface area contributed by atoms with E-state index in [0.29, 0.717) is 24.6 Å². The molecular weight excluding hydrogens is 340 g/mol. The average Bonchev–Trinajstić information content (AvgIpc) is 2.51. The lowest BCUT2D eigenvalue weighted by molar-refractivity contribution is -0.904. The first-order valence-electron chi connectivity index (χ1n) is 9.72. The van der Waals surface area contributed by atoms with Crippen molar-refractivity contribution in [3.63, 3.8) is 0 Å². The van der Waals surface area contributed by atoms with Crippen molar-refractivity contribution in [1.29, 1.82) is 0 Å². The maximum absolute atomic E-state index is 12.3. The van der Waals surface area contributed by atoms with E-state index < -0.39 is 0 Å². The molecule has 0 fully saturated rings. The quantitative estimate of drug-likeness (QED) is 0.765. The molecule has 1 aromatic carbocycles. The van der Waals surface area contributed by atoms with Crippen LogP contribution >= 0.6 is 0 Å². The largest absolute Gasteiger partial charge is 0.423 e. The summed E-state index contributed by atoms with van der Waals surface area (Å²) in [6, 6.07) is 5.66. The maximum Gasteiger partial charge on any atom is 0.336 e. The second-order valence-corrected chi connectivity index (χ2v) is 8.71. The van der Waals surface area contributed by atoms with Crippen LogP contribution in [0.5, 0.6) is 0 Å². The standard InChI is InChI=1S/C22H32N2O3/c1-8-24(13-20(25)23-22(5,6)7)12-16-10-21(26)27-19-9-15(4)17(14(2)3)11-18(16)19/h9-11,14H,8,12-13H2,1-7H3,(H,23,25)/p+1. The van der Waals surface area contributed by atoms with Gasteiger partial charge in [0.25, 0.3) is 5.91 Å². The molecule has 0 bridgehead atoms. The van der Waals surface area contributed by atoms with Crippen LogP contribution in [0.15, 0.2) is 27.4 Å². The number of quaternary nitrogens is 1. The molecule has 0 radical (unpaired) electrons. The molecule has 0 saturated heterocycles. The second kappa shape index (κ2) is 8.26. The average molecular weight is 374 g/mol. The minimum atomic E-state index is -0.344. The number of fused-ring (bicyclic) bond motifs is 1. The summed E-state index contributed by atoms with van der Waals surface area (Å²) in [5.41, 5.74) is 3.34. The number of hydrogen-bond acceptors (Lipinski definition) is 3. The van der Waals surface area contributed by atoms with Crippen LogP contribution < -0.4 is 15.8 Å². The van der Waals surface area contributed by atoms with E-state index >= 15 is 0 Å². The van der Waals surface area contributed by atoms with Gasteiger partial charge in [-0.1, -0.05) is 13.8 Å². The van der Waals surface area contributed by atoms with Gasteiger partial charge in [0.1, 0.15) is 12.1 Å². The fourth-order valence-electron chi connectivity index (χ4n) is 3.43. The highest BCUT2D eigenvalue weighted by Gasteiger charge is 2.20. The van der Waals surface area contributed by atoms with E-state index in [1.807, 2.05) is 33.8 Å². The Morgan fingerprint density at radius 1 is 1.22 bits per heavy atom. The molecule has 148 valence electrons. The summed E-state index contributed by atoms with van der Waals surface area (Å²) >= 11 is 0. The van der Waals surface area contributed by atoms with Crippen molar-refractivity contribution in [3.05, 3.63) is 45.3 Å². The molecule has 1 amide bonds. The number of carbonyl (C=O) groups is 1. The molecule has 0 spiro atoms. The van der Waals surface area contributed by atoms with Crippen molar-refractivity contribution >= 4 is 16.9 Å². The van der Waals surface area contributed by atoms with Crippen LogP contribution in [-0.2, 0) is 11.3 Å². The number of amides is 1. The van der Waals surface area contributed by atoms with Crippen molar-refractivity contribution in [3.8, 4) is 0 Å². The van der Waals surface area contributed by atoms with Crippen molar-refractivity contribution in [2.24, 2.45) is 0 Å². The van der Waals surface area contributed by atoms with Gasteiger partial charge < -0.3 is 14.6 Å². The van der Waals surface area contributed by atoms with Crippen LogP contribution in [0.1, 0.15) is 64.2 Å². The Morgan fingerprint density at radius 3 is 2.44 bits per heavy atom. The Morgan fingerprint density at radius 2 is 1.89 bits per heavy atom. The van der Waals surface area contributed by atoms with Crippen molar-refractivity contribution in [1.82, 2.24) is 5.32 Å². The highest BCUT2D eigenvalue weighted by atomic mass is 16.4. The zero-order valence-corrected chi connectivity index (χ0v) is 17.7. The fraction of sp³-hybridized carbons (Fsp3) is 0.545. The van der Waals surface area contributed by atoms with Gasteiger partial charge in [0.2, 0.25) is 0 Å². The molecule has 1 aromatic heterocycles. The number of carbonyl (C=O) groups excluding carboxylic acids is 1. The van der Waals surface area contributed by atoms with Gasteiger partial charge >= 0.3 is 5.63 Å². The number of benzene rings is 1. The zero-order chi connectivity index (χ0) is 20.4. The lowest BCUT2D eigenvalue weighted by Gasteiger charge is -2.23. The molecule has 0 aliphatic heterocycles. The predicted molar refractivity (Wildman–Crippen MR) is 109 cm³/mol. The van der Waals surface area contributed by atoms with Crippen LogP contribution in [0.3, 0.4) is 0 Å². The highest BCUT2D eigenvalue weighted by molar-refractivity contribution is 5.82. The van der Waals surface area contributed by atoms with Gasteiger partial charge in [-0.3, -0.25) is 4.79 Å². The summed E-state index contributed by atoms with van der Waals surface area (Å²) in [5.74, 6) is 0.409. The predicted octanol–water partition coefficient (Wildman–Crippen LogP) is 2.54. The molecule has 1 unspecified atom stereocenters. The molecule has 0 aliphatic rings. The summed E-state index contributed by atoms with van der Waals surface area (Å²) < 4.78 is 5.44. The van der Waals surface area contributed by atoms with Crippen LogP contribution in [0.2, 0.25) is 0 Å². The first-order valence-corrected chi connectivity index (χ1v) is 9.72. The smallest absolute Gasteiger partial charge is 0.336 e. The van der Waals surface area contributed by atoms with Crippen LogP contribution in [-0.4, -0.2) is 24.5 Å². The Labute approximate surface area is 161 Å². The Hall–Kier alpha value is -2.14. The third-order valence-electron chi connectivity index (χ3n) is 4.70. The highest BCUT2D eigenvalue weighted by Crippen LogP contribution is 2.26. The van der Waals surface area contributed by atoms with E-state index in [4.69, 9.17) is 4.42 Å². The van der Waals surface area contributed by atoms with E-state index in [2.05, 4.69) is 32.2 Å². The van der Waals surface area contributed by atoms with Crippen molar-refractivity contribution < 1.29 is 14.1 Å². The molecule has 2 aromatic rings. The van der Waals surface area contributed by atoms with E-state index in [-0.39, 0.29) is 17.1 Å². The third-order valence-corrected chi connectivity index (χ3v) is 4.70. The fourth-order valence-corrected chi connectivity index (χ4v) is 3.43. The summed E-state index contributed by atoms with van der Waals surface area (Å²) in [5, 5.41) is 3.97. The molecule has 5 heteroatoms. The van der Waals surface area contributed by atoms with Crippen molar-refractivity contribution in [2.45, 2.75) is 66.5 Å². The molecular formula is C22H33N2O3+. The van der Waals surface area contributed by atoms with Gasteiger partial charge in [-0.2, -0.15) is 0 Å². The molecule has 2 N–H and O–H groups in total. The van der Waals surface area contributed by atoms with Gasteiger partial charge in [0.05, 0.1) is 6.54 Å². The number of rotatable bonds is 6. The van der Waals surface area contributed by atoms with E-state index in [9.17, 15) is 9.59 Å². The minimum Gasteiger partial charge on any atom is -0.423 e. The summed E-state index contributed by atoms with van der Waals surface area (Å²) in [4.78, 5) is 25.5. The third kappa shape index (κ3) is 5.67. The van der Waals surface area contributed by atoms with E-state index in [1.54, 1.807) is 6.07 Å². The van der Waals surface area contributed by atoms with Gasteiger partial charge in [-0.05, 0) is 63.8 Å². The normalized spacial score (nSPS) is 13.2. The number of likely N-dealkylation sites (N-methyl/N-ethyl adjacent to an activating group) is 1. The number of aryl methyl sites for hydroxylation is 1. The summed E-state index contributed by atoms with van der Waals surface area (Å²) in [7, 11) is 0. The van der Waals surface area contributed by atoms with Gasteiger partial charge in [0, 0.05) is 22.6 Å². The van der Waals surface area contributed by atoms with Gasteiger partial charge in [-0.15, -0.1) is 0 Å². The molecule has 1 atom stereocenters. The minimum absolute atomic E-state index is 0.0188. The Bertz CT molecular complexity index is 875. The van der Waals surface area contributed by atoms with Crippen molar-refractivity contribution in [2.75, 3.05) is 13.1 Å². The SMILES string of the molecule is CC[NH+](CC(=O)NC(C)(C)C)Cc1cc(=O)oc2cc(C)c(C(C)C)cc12. The summed E-state index contributed by atoms with van der Waals surface area (Å²) in [6.45, 7) is 16.1. The Balaban J connectivity index is 2.37. The number of hydrogen-bond donors (Lipinski definition) is 2. The number of nitrogens with one attached hydrogen (secondary N) is 2. The first-order chi connectivity index (χ1) is 12.5. The Kier molecular flexibility index (Phi) is 6.47. The lowest BCUT2D eigenvalue weighted by Crippen LogP contribution is -3.11. The second-order valence-electron chi connectivity index (χ2n) is 8.71. The zero-order valence-electron chi connectivity index (χ0n) is 17.7. The molecule has 0 aliphatic carbocycles. The molecule has 5 nitrogen and oxygen atoms in total. The van der Waals surface area contributed by atoms with Gasteiger partial charge in [-0.25, -0.2) is 4.79 Å². The van der Waals surface area contributed by atoms with Gasteiger partial charge in [0.15, 0.2) is 6.54 Å². The first kappa shape index (κ1) is 21.2. The topological polar surface area (TPSA) is 63.8 Å². The molecule has 27 heavy (non-hydrogen) atoms. The monoisotopic (exact) mass is 373 g/mol. The maximum atomic E-state index is 12.3. The summed E-state index contributed by atoms with van der Waals surface area (Å²) in [6.07, 6.45) is 0. The molecule has 0 saturated carbocycles. The van der Waals surface area contributed by atoms with E-state index in [0.717, 1.165) is 28.0 Å². The molecule has 1 heterocycles. The lowest BCUT2D eigenvalue weighted by atomic mass is 9.95. The van der Waals surface area contributed by atoms with Crippen LogP contribution in [0.25, 0.3) is 11.0 Å². The van der Waals surface area contributed by atoms with Crippen LogP contribution in [0, 0.1) is 6.92 Å². The van der Waals surface area contributed by atoms with E-state index in [1.165, 1.54) is 5.56 Å². The molecule has 2 rings (SSSR count).